The minimum Gasteiger partial charge on any atom is -0.507 e. The summed E-state index contributed by atoms with van der Waals surface area (Å²) in [4.78, 5) is 25.7. The molecule has 32 heavy (non-hydrogen) atoms. The van der Waals surface area contributed by atoms with Gasteiger partial charge in [-0.3, -0.25) is 4.79 Å². The first-order valence-corrected chi connectivity index (χ1v) is 10.9. The fraction of sp³-hybridized carbons (Fsp3) is 0.333. The van der Waals surface area contributed by atoms with Gasteiger partial charge in [0.05, 0.1) is 0 Å². The van der Waals surface area contributed by atoms with Gasteiger partial charge in [-0.15, -0.1) is 0 Å². The number of benzene rings is 2. The molecule has 1 aromatic heterocycles. The van der Waals surface area contributed by atoms with Crippen LogP contribution in [0.1, 0.15) is 82.8 Å². The lowest BCUT2D eigenvalue weighted by Crippen LogP contribution is -2.16. The fourth-order valence-corrected chi connectivity index (χ4v) is 3.92. The Morgan fingerprint density at radius 1 is 0.938 bits per heavy atom. The van der Waals surface area contributed by atoms with E-state index in [1.165, 1.54) is 0 Å². The molecule has 0 saturated heterocycles. The third-order valence-corrected chi connectivity index (χ3v) is 5.75. The Kier molecular flexibility index (Phi) is 6.87. The van der Waals surface area contributed by atoms with Crippen LogP contribution in [0.25, 0.3) is 5.69 Å². The average Bonchev–Trinajstić information content (AvgIpc) is 3.06. The summed E-state index contributed by atoms with van der Waals surface area (Å²) in [6, 6.07) is 15.2. The number of esters is 1. The number of ether oxygens (including phenoxy) is 1. The molecule has 0 aliphatic carbocycles. The van der Waals surface area contributed by atoms with E-state index in [4.69, 9.17) is 4.74 Å². The van der Waals surface area contributed by atoms with Crippen LogP contribution in [-0.2, 0) is 4.74 Å². The van der Waals surface area contributed by atoms with Crippen molar-refractivity contribution in [2.24, 2.45) is 0 Å². The molecule has 0 bridgehead atoms. The summed E-state index contributed by atoms with van der Waals surface area (Å²) >= 11 is 0. The van der Waals surface area contributed by atoms with Crippen LogP contribution in [0.5, 0.6) is 5.75 Å². The second kappa shape index (κ2) is 9.43. The zero-order valence-corrected chi connectivity index (χ0v) is 19.6. The molecule has 0 radical (unpaired) electrons. The fourth-order valence-electron chi connectivity index (χ4n) is 3.92. The second-order valence-corrected chi connectivity index (χ2v) is 8.77. The van der Waals surface area contributed by atoms with Crippen molar-refractivity contribution in [3.05, 3.63) is 82.2 Å². The Hall–Kier alpha value is -3.34. The van der Waals surface area contributed by atoms with E-state index in [0.717, 1.165) is 22.6 Å². The quantitative estimate of drug-likeness (QED) is 0.362. The maximum atomic E-state index is 12.9. The van der Waals surface area contributed by atoms with Crippen molar-refractivity contribution in [3.8, 4) is 11.4 Å². The number of aryl methyl sites for hydroxylation is 1. The number of carbonyl (C=O) groups excluding carboxylic acids is 2. The highest BCUT2D eigenvalue weighted by molar-refractivity contribution is 6.01. The van der Waals surface area contributed by atoms with Gasteiger partial charge in [-0.05, 0) is 61.1 Å². The number of ketones is 1. The van der Waals surface area contributed by atoms with Gasteiger partial charge in [0.15, 0.2) is 6.61 Å². The van der Waals surface area contributed by atoms with E-state index in [9.17, 15) is 14.7 Å². The SMILES string of the molecule is Cc1cc(C(=O)COC(=O)c2cc(C(C)C)cc(C(C)C)c2O)c(C)n1-c1ccccc1. The van der Waals surface area contributed by atoms with E-state index in [1.807, 2.05) is 88.6 Å². The van der Waals surface area contributed by atoms with Crippen molar-refractivity contribution < 1.29 is 19.4 Å². The number of nitrogens with zero attached hydrogens (tertiary/aromatic N) is 1. The van der Waals surface area contributed by atoms with Gasteiger partial charge in [-0.25, -0.2) is 4.79 Å². The number of aromatic nitrogens is 1. The molecule has 5 heteroatoms. The molecule has 0 atom stereocenters. The maximum absolute atomic E-state index is 12.9. The summed E-state index contributed by atoms with van der Waals surface area (Å²) in [6.45, 7) is 11.4. The summed E-state index contributed by atoms with van der Waals surface area (Å²) in [5.74, 6) is -0.826. The first kappa shape index (κ1) is 23.3. The molecule has 3 aromatic rings. The van der Waals surface area contributed by atoms with Crippen molar-refractivity contribution in [1.29, 1.82) is 0 Å². The summed E-state index contributed by atoms with van der Waals surface area (Å²) < 4.78 is 7.35. The highest BCUT2D eigenvalue weighted by Gasteiger charge is 2.23. The number of hydrogen-bond donors (Lipinski definition) is 1. The first-order valence-electron chi connectivity index (χ1n) is 10.9. The smallest absolute Gasteiger partial charge is 0.342 e. The number of hydrogen-bond acceptors (Lipinski definition) is 4. The number of Topliss-reactive ketones (excluding diaryl/α,β-unsaturated/α-hetero) is 1. The molecule has 0 spiro atoms. The van der Waals surface area contributed by atoms with Gasteiger partial charge >= 0.3 is 5.97 Å². The van der Waals surface area contributed by atoms with Gasteiger partial charge in [0.25, 0.3) is 0 Å². The molecule has 1 N–H and O–H groups in total. The molecule has 5 nitrogen and oxygen atoms in total. The van der Waals surface area contributed by atoms with Crippen LogP contribution in [0.3, 0.4) is 0 Å². The van der Waals surface area contributed by atoms with Gasteiger partial charge in [0, 0.05) is 22.6 Å². The molecule has 3 rings (SSSR count). The predicted octanol–water partition coefficient (Wildman–Crippen LogP) is 6.09. The lowest BCUT2D eigenvalue weighted by molar-refractivity contribution is 0.0471. The van der Waals surface area contributed by atoms with E-state index in [0.29, 0.717) is 11.1 Å². The molecule has 0 unspecified atom stereocenters. The minimum atomic E-state index is -0.697. The van der Waals surface area contributed by atoms with E-state index in [-0.39, 0.29) is 35.5 Å². The Bertz CT molecular complexity index is 1140. The lowest BCUT2D eigenvalue weighted by atomic mass is 9.92. The Labute approximate surface area is 189 Å². The predicted molar refractivity (Wildman–Crippen MR) is 126 cm³/mol. The second-order valence-electron chi connectivity index (χ2n) is 8.77. The van der Waals surface area contributed by atoms with Crippen LogP contribution in [0, 0.1) is 13.8 Å². The third-order valence-electron chi connectivity index (χ3n) is 5.75. The average molecular weight is 434 g/mol. The number of phenols is 1. The van der Waals surface area contributed by atoms with E-state index in [2.05, 4.69) is 0 Å². The Balaban J connectivity index is 1.83. The van der Waals surface area contributed by atoms with E-state index in [1.54, 1.807) is 6.07 Å². The maximum Gasteiger partial charge on any atom is 0.342 e. The molecular formula is C27H31NO4. The zero-order valence-electron chi connectivity index (χ0n) is 19.6. The highest BCUT2D eigenvalue weighted by Crippen LogP contribution is 2.33. The molecule has 1 heterocycles. The molecule has 0 amide bonds. The van der Waals surface area contributed by atoms with Crippen molar-refractivity contribution in [1.82, 2.24) is 4.57 Å². The molecular weight excluding hydrogens is 402 g/mol. The minimum absolute atomic E-state index is 0.0465. The highest BCUT2D eigenvalue weighted by atomic mass is 16.5. The number of aromatic hydroxyl groups is 1. The standard InChI is InChI=1S/C27H31NO4/c1-16(2)20-13-22(17(3)4)26(30)24(14-20)27(31)32-15-25(29)23-12-18(5)28(19(23)6)21-10-8-7-9-11-21/h7-14,16-17,30H,15H2,1-6H3. The third kappa shape index (κ3) is 4.62. The van der Waals surface area contributed by atoms with Crippen molar-refractivity contribution in [2.75, 3.05) is 6.61 Å². The van der Waals surface area contributed by atoms with Gasteiger partial charge in [0.1, 0.15) is 11.3 Å². The molecule has 168 valence electrons. The van der Waals surface area contributed by atoms with E-state index < -0.39 is 5.97 Å². The van der Waals surface area contributed by atoms with Crippen LogP contribution in [0.4, 0.5) is 0 Å². The molecule has 0 fully saturated rings. The zero-order chi connectivity index (χ0) is 23.6. The molecule has 0 aliphatic heterocycles. The molecule has 0 saturated carbocycles. The van der Waals surface area contributed by atoms with Crippen molar-refractivity contribution in [3.63, 3.8) is 0 Å². The number of rotatable bonds is 7. The topological polar surface area (TPSA) is 68.5 Å². The normalized spacial score (nSPS) is 11.2. The number of carbonyl (C=O) groups is 2. The van der Waals surface area contributed by atoms with E-state index >= 15 is 0 Å². The number of para-hydroxylation sites is 1. The number of phenolic OH excluding ortho intramolecular Hbond substituents is 1. The van der Waals surface area contributed by atoms with Crippen LogP contribution < -0.4 is 0 Å². The molecule has 0 aliphatic rings. The Morgan fingerprint density at radius 3 is 2.19 bits per heavy atom. The van der Waals surface area contributed by atoms with Gasteiger partial charge < -0.3 is 14.4 Å². The lowest BCUT2D eigenvalue weighted by Gasteiger charge is -2.16. The van der Waals surface area contributed by atoms with Crippen LogP contribution in [-0.4, -0.2) is 28.0 Å². The van der Waals surface area contributed by atoms with Crippen LogP contribution in [0.15, 0.2) is 48.5 Å². The summed E-state index contributed by atoms with van der Waals surface area (Å²) in [6.07, 6.45) is 0. The van der Waals surface area contributed by atoms with Crippen LogP contribution >= 0.6 is 0 Å². The first-order chi connectivity index (χ1) is 15.1. The van der Waals surface area contributed by atoms with Gasteiger partial charge in [-0.1, -0.05) is 52.0 Å². The van der Waals surface area contributed by atoms with Gasteiger partial charge in [-0.2, -0.15) is 0 Å². The van der Waals surface area contributed by atoms with Crippen molar-refractivity contribution >= 4 is 11.8 Å². The Morgan fingerprint density at radius 2 is 1.59 bits per heavy atom. The van der Waals surface area contributed by atoms with Crippen molar-refractivity contribution in [2.45, 2.75) is 53.4 Å². The molecule has 2 aromatic carbocycles. The summed E-state index contributed by atoms with van der Waals surface area (Å²) in [5, 5.41) is 10.6. The van der Waals surface area contributed by atoms with Gasteiger partial charge in [0.2, 0.25) is 5.78 Å². The summed E-state index contributed by atoms with van der Waals surface area (Å²) in [5.41, 5.74) is 4.94. The summed E-state index contributed by atoms with van der Waals surface area (Å²) in [7, 11) is 0. The largest absolute Gasteiger partial charge is 0.507 e. The van der Waals surface area contributed by atoms with Crippen LogP contribution in [0.2, 0.25) is 0 Å². The monoisotopic (exact) mass is 433 g/mol.